The van der Waals surface area contributed by atoms with Crippen molar-refractivity contribution in [3.05, 3.63) is 35.4 Å². The molecule has 0 radical (unpaired) electrons. The third-order valence-electron chi connectivity index (χ3n) is 4.53. The minimum atomic E-state index is 0.174. The molecule has 0 amide bonds. The molecule has 1 aromatic carbocycles. The molecule has 1 saturated carbocycles. The maximum atomic E-state index is 8.83. The Hall–Kier alpha value is -1.59. The minimum Gasteiger partial charge on any atom is -0.409 e. The first-order valence-corrected chi connectivity index (χ1v) is 7.78. The van der Waals surface area contributed by atoms with Gasteiger partial charge >= 0.3 is 0 Å². The highest BCUT2D eigenvalue weighted by Crippen LogP contribution is 2.31. The molecule has 2 fully saturated rings. The van der Waals surface area contributed by atoms with Crippen LogP contribution in [0.3, 0.4) is 0 Å². The van der Waals surface area contributed by atoms with Crippen molar-refractivity contribution >= 4 is 5.84 Å². The Morgan fingerprint density at radius 2 is 2.14 bits per heavy atom. The van der Waals surface area contributed by atoms with E-state index in [9.17, 15) is 0 Å². The lowest BCUT2D eigenvalue weighted by Gasteiger charge is -2.15. The summed E-state index contributed by atoms with van der Waals surface area (Å²) in [4.78, 5) is 2.64. The molecule has 5 nitrogen and oxygen atoms in total. The predicted molar refractivity (Wildman–Crippen MR) is 83.4 cm³/mol. The highest BCUT2D eigenvalue weighted by atomic mass is 16.4. The Kier molecular flexibility index (Phi) is 4.41. The third kappa shape index (κ3) is 3.54. The lowest BCUT2D eigenvalue weighted by Crippen LogP contribution is -2.28. The minimum absolute atomic E-state index is 0.174. The molecule has 1 atom stereocenters. The Labute approximate surface area is 125 Å². The van der Waals surface area contributed by atoms with Crippen LogP contribution in [-0.2, 0) is 6.54 Å². The van der Waals surface area contributed by atoms with Crippen LogP contribution < -0.4 is 11.1 Å². The molecule has 1 unspecified atom stereocenters. The van der Waals surface area contributed by atoms with Gasteiger partial charge in [0.25, 0.3) is 0 Å². The fourth-order valence-electron chi connectivity index (χ4n) is 3.19. The van der Waals surface area contributed by atoms with E-state index in [0.717, 1.165) is 36.2 Å². The molecule has 0 bridgehead atoms. The molecule has 4 N–H and O–H groups in total. The summed E-state index contributed by atoms with van der Waals surface area (Å²) in [6.45, 7) is 4.29. The second kappa shape index (κ2) is 6.45. The highest BCUT2D eigenvalue weighted by Gasteiger charge is 2.33. The SMILES string of the molecule is NC(=NO)c1ccccc1CNCC1CCN(C2CC2)C1. The van der Waals surface area contributed by atoms with Crippen molar-refractivity contribution in [2.45, 2.75) is 31.8 Å². The number of likely N-dealkylation sites (tertiary alicyclic amines) is 1. The number of oxime groups is 1. The van der Waals surface area contributed by atoms with Crippen LogP contribution in [-0.4, -0.2) is 41.6 Å². The number of nitrogens with zero attached hydrogens (tertiary/aromatic N) is 2. The van der Waals surface area contributed by atoms with Crippen molar-refractivity contribution in [1.29, 1.82) is 0 Å². The summed E-state index contributed by atoms with van der Waals surface area (Å²) in [7, 11) is 0. The van der Waals surface area contributed by atoms with Crippen LogP contribution in [0.5, 0.6) is 0 Å². The average Bonchev–Trinajstić information content (AvgIpc) is 3.27. The Morgan fingerprint density at radius 1 is 1.33 bits per heavy atom. The molecule has 114 valence electrons. The molecular formula is C16H24N4O. The normalized spacial score (nSPS) is 23.6. The van der Waals surface area contributed by atoms with Gasteiger partial charge in [0.05, 0.1) is 0 Å². The number of benzene rings is 1. The van der Waals surface area contributed by atoms with E-state index in [0.29, 0.717) is 0 Å². The van der Waals surface area contributed by atoms with Gasteiger partial charge < -0.3 is 21.2 Å². The van der Waals surface area contributed by atoms with Gasteiger partial charge in [-0.25, -0.2) is 0 Å². The zero-order valence-corrected chi connectivity index (χ0v) is 12.3. The van der Waals surface area contributed by atoms with Crippen molar-refractivity contribution in [2.24, 2.45) is 16.8 Å². The fraction of sp³-hybridized carbons (Fsp3) is 0.562. The molecule has 5 heteroatoms. The molecule has 2 aliphatic rings. The lowest BCUT2D eigenvalue weighted by molar-refractivity contribution is 0.312. The zero-order valence-electron chi connectivity index (χ0n) is 12.3. The largest absolute Gasteiger partial charge is 0.409 e. The number of hydrogen-bond acceptors (Lipinski definition) is 4. The number of amidine groups is 1. The summed E-state index contributed by atoms with van der Waals surface area (Å²) in [6, 6.07) is 8.68. The molecular weight excluding hydrogens is 264 g/mol. The molecule has 0 aromatic heterocycles. The molecule has 3 rings (SSSR count). The van der Waals surface area contributed by atoms with Gasteiger partial charge in [0, 0.05) is 24.7 Å². The van der Waals surface area contributed by atoms with E-state index in [4.69, 9.17) is 10.9 Å². The topological polar surface area (TPSA) is 73.9 Å². The van der Waals surface area contributed by atoms with E-state index in [-0.39, 0.29) is 5.84 Å². The maximum Gasteiger partial charge on any atom is 0.170 e. The maximum absolute atomic E-state index is 8.83. The Bertz CT molecular complexity index is 513. The highest BCUT2D eigenvalue weighted by molar-refractivity contribution is 5.98. The first kappa shape index (κ1) is 14.4. The van der Waals surface area contributed by atoms with E-state index < -0.39 is 0 Å². The van der Waals surface area contributed by atoms with Crippen LogP contribution >= 0.6 is 0 Å². The second-order valence-corrected chi connectivity index (χ2v) is 6.15. The monoisotopic (exact) mass is 288 g/mol. The number of nitrogens with two attached hydrogens (primary N) is 1. The van der Waals surface area contributed by atoms with Gasteiger partial charge in [-0.05, 0) is 43.8 Å². The van der Waals surface area contributed by atoms with Crippen LogP contribution in [0.15, 0.2) is 29.4 Å². The van der Waals surface area contributed by atoms with Crippen molar-refractivity contribution in [1.82, 2.24) is 10.2 Å². The summed E-state index contributed by atoms with van der Waals surface area (Å²) in [5.74, 6) is 0.926. The first-order valence-electron chi connectivity index (χ1n) is 7.78. The molecule has 1 aromatic rings. The van der Waals surface area contributed by atoms with Gasteiger partial charge in [0.1, 0.15) is 0 Å². The zero-order chi connectivity index (χ0) is 14.7. The molecule has 1 aliphatic carbocycles. The summed E-state index contributed by atoms with van der Waals surface area (Å²) >= 11 is 0. The molecule has 0 spiro atoms. The van der Waals surface area contributed by atoms with Crippen molar-refractivity contribution < 1.29 is 5.21 Å². The summed E-state index contributed by atoms with van der Waals surface area (Å²) in [5, 5.41) is 15.5. The standard InChI is InChI=1S/C16H24N4O/c17-16(19-21)15-4-2-1-3-13(15)10-18-9-12-7-8-20(11-12)14-5-6-14/h1-4,12,14,18,21H,5-11H2,(H2,17,19). The summed E-state index contributed by atoms with van der Waals surface area (Å²) in [6.07, 6.45) is 4.09. The predicted octanol–water partition coefficient (Wildman–Crippen LogP) is 1.35. The van der Waals surface area contributed by atoms with Crippen molar-refractivity contribution in [3.63, 3.8) is 0 Å². The van der Waals surface area contributed by atoms with Gasteiger partial charge in [-0.2, -0.15) is 0 Å². The van der Waals surface area contributed by atoms with Gasteiger partial charge in [0.2, 0.25) is 0 Å². The van der Waals surface area contributed by atoms with Crippen molar-refractivity contribution in [3.8, 4) is 0 Å². The van der Waals surface area contributed by atoms with Crippen LogP contribution in [0.25, 0.3) is 0 Å². The van der Waals surface area contributed by atoms with E-state index in [1.165, 1.54) is 32.4 Å². The first-order chi connectivity index (χ1) is 10.3. The molecule has 21 heavy (non-hydrogen) atoms. The van der Waals surface area contributed by atoms with E-state index in [1.807, 2.05) is 24.3 Å². The average molecular weight is 288 g/mol. The van der Waals surface area contributed by atoms with Gasteiger partial charge in [-0.1, -0.05) is 29.4 Å². The number of hydrogen-bond donors (Lipinski definition) is 3. The smallest absolute Gasteiger partial charge is 0.170 e. The molecule has 1 saturated heterocycles. The van der Waals surface area contributed by atoms with Crippen LogP contribution in [0.4, 0.5) is 0 Å². The second-order valence-electron chi connectivity index (χ2n) is 6.15. The molecule has 1 aliphatic heterocycles. The third-order valence-corrected chi connectivity index (χ3v) is 4.53. The molecule has 1 heterocycles. The lowest BCUT2D eigenvalue weighted by atomic mass is 10.1. The van der Waals surface area contributed by atoms with Gasteiger partial charge in [-0.3, -0.25) is 0 Å². The van der Waals surface area contributed by atoms with E-state index >= 15 is 0 Å². The summed E-state index contributed by atoms with van der Waals surface area (Å²) in [5.41, 5.74) is 7.59. The van der Waals surface area contributed by atoms with Crippen LogP contribution in [0.2, 0.25) is 0 Å². The van der Waals surface area contributed by atoms with E-state index in [1.54, 1.807) is 0 Å². The van der Waals surface area contributed by atoms with E-state index in [2.05, 4.69) is 15.4 Å². The van der Waals surface area contributed by atoms with Crippen molar-refractivity contribution in [2.75, 3.05) is 19.6 Å². The number of rotatable bonds is 6. The number of nitrogens with one attached hydrogen (secondary N) is 1. The Morgan fingerprint density at radius 3 is 2.90 bits per heavy atom. The van der Waals surface area contributed by atoms with Crippen LogP contribution in [0.1, 0.15) is 30.4 Å². The van der Waals surface area contributed by atoms with Gasteiger partial charge in [0.15, 0.2) is 5.84 Å². The fourth-order valence-corrected chi connectivity index (χ4v) is 3.19. The quantitative estimate of drug-likeness (QED) is 0.320. The summed E-state index contributed by atoms with van der Waals surface area (Å²) < 4.78 is 0. The Balaban J connectivity index is 1.49. The van der Waals surface area contributed by atoms with Gasteiger partial charge in [-0.15, -0.1) is 0 Å². The van der Waals surface area contributed by atoms with Crippen LogP contribution in [0, 0.1) is 5.92 Å².